The third-order valence-electron chi connectivity index (χ3n) is 2.17. The fourth-order valence-corrected chi connectivity index (χ4v) is 1.82. The summed E-state index contributed by atoms with van der Waals surface area (Å²) in [6.45, 7) is 1.30. The van der Waals surface area contributed by atoms with Gasteiger partial charge in [-0.25, -0.2) is 4.79 Å². The minimum Gasteiger partial charge on any atom is -0.478 e. The Kier molecular flexibility index (Phi) is 5.43. The van der Waals surface area contributed by atoms with Crippen molar-refractivity contribution in [2.45, 2.75) is 0 Å². The Morgan fingerprint density at radius 2 is 1.88 bits per heavy atom. The van der Waals surface area contributed by atoms with E-state index in [4.69, 9.17) is 28.3 Å². The third kappa shape index (κ3) is 3.58. The van der Waals surface area contributed by atoms with Gasteiger partial charge in [-0.2, -0.15) is 0 Å². The van der Waals surface area contributed by atoms with Gasteiger partial charge in [0.15, 0.2) is 0 Å². The maximum Gasteiger partial charge on any atom is 0.335 e. The van der Waals surface area contributed by atoms with Crippen molar-refractivity contribution in [1.82, 2.24) is 0 Å². The fourth-order valence-electron chi connectivity index (χ4n) is 1.41. The first-order valence-corrected chi connectivity index (χ1v) is 5.96. The van der Waals surface area contributed by atoms with Crippen molar-refractivity contribution in [3.8, 4) is 0 Å². The van der Waals surface area contributed by atoms with Crippen LogP contribution in [0, 0.1) is 0 Å². The zero-order valence-electron chi connectivity index (χ0n) is 8.70. The average molecular weight is 262 g/mol. The van der Waals surface area contributed by atoms with Crippen LogP contribution >= 0.6 is 23.2 Å². The predicted molar refractivity (Wildman–Crippen MR) is 67.1 cm³/mol. The third-order valence-corrected chi connectivity index (χ3v) is 2.51. The van der Waals surface area contributed by atoms with Crippen LogP contribution in [0.1, 0.15) is 10.4 Å². The lowest BCUT2D eigenvalue weighted by Crippen LogP contribution is -2.27. The van der Waals surface area contributed by atoms with Gasteiger partial charge in [-0.15, -0.1) is 23.2 Å². The second kappa shape index (κ2) is 6.61. The number of carboxylic acid groups (broad SMARTS) is 1. The summed E-state index contributed by atoms with van der Waals surface area (Å²) in [6, 6.07) is 6.76. The molecule has 0 radical (unpaired) electrons. The molecule has 0 aliphatic heterocycles. The minimum atomic E-state index is -0.932. The lowest BCUT2D eigenvalue weighted by molar-refractivity contribution is 0.0697. The summed E-state index contributed by atoms with van der Waals surface area (Å²) in [5, 5.41) is 8.88. The largest absolute Gasteiger partial charge is 0.478 e. The molecule has 0 atom stereocenters. The molecule has 0 fully saturated rings. The second-order valence-electron chi connectivity index (χ2n) is 3.22. The highest BCUT2D eigenvalue weighted by Crippen LogP contribution is 2.16. The molecule has 0 aliphatic carbocycles. The molecule has 0 unspecified atom stereocenters. The molecule has 0 aromatic heterocycles. The number of alkyl halides is 2. The lowest BCUT2D eigenvalue weighted by atomic mass is 10.2. The quantitative estimate of drug-likeness (QED) is 0.801. The Hall–Kier alpha value is -0.930. The van der Waals surface area contributed by atoms with E-state index in [-0.39, 0.29) is 5.56 Å². The standard InChI is InChI=1S/C11H13Cl2NO2/c12-4-6-14(7-5-13)10-3-1-2-9(8-10)11(15)16/h1-3,8H,4-7H2,(H,15,16). The number of nitrogens with zero attached hydrogens (tertiary/aromatic N) is 1. The summed E-state index contributed by atoms with van der Waals surface area (Å²) >= 11 is 11.4. The number of carbonyl (C=O) groups is 1. The lowest BCUT2D eigenvalue weighted by Gasteiger charge is -2.23. The first kappa shape index (κ1) is 13.1. The van der Waals surface area contributed by atoms with Gasteiger partial charge in [0.1, 0.15) is 0 Å². The highest BCUT2D eigenvalue weighted by molar-refractivity contribution is 6.18. The van der Waals surface area contributed by atoms with Crippen LogP contribution in [0.5, 0.6) is 0 Å². The smallest absolute Gasteiger partial charge is 0.335 e. The molecular formula is C11H13Cl2NO2. The van der Waals surface area contributed by atoms with Crippen molar-refractivity contribution >= 4 is 34.9 Å². The maximum absolute atomic E-state index is 10.8. The van der Waals surface area contributed by atoms with Crippen LogP contribution in [0.25, 0.3) is 0 Å². The number of anilines is 1. The van der Waals surface area contributed by atoms with E-state index in [1.807, 2.05) is 11.0 Å². The molecule has 16 heavy (non-hydrogen) atoms. The highest BCUT2D eigenvalue weighted by Gasteiger charge is 2.08. The van der Waals surface area contributed by atoms with Crippen LogP contribution in [0.3, 0.4) is 0 Å². The van der Waals surface area contributed by atoms with Gasteiger partial charge in [-0.3, -0.25) is 0 Å². The summed E-state index contributed by atoms with van der Waals surface area (Å²) in [5.41, 5.74) is 1.10. The summed E-state index contributed by atoms with van der Waals surface area (Å²) < 4.78 is 0. The van der Waals surface area contributed by atoms with E-state index < -0.39 is 5.97 Å². The van der Waals surface area contributed by atoms with E-state index in [1.165, 1.54) is 0 Å². The number of halogens is 2. The second-order valence-corrected chi connectivity index (χ2v) is 3.98. The van der Waals surface area contributed by atoms with E-state index in [1.54, 1.807) is 18.2 Å². The van der Waals surface area contributed by atoms with Gasteiger partial charge in [0.25, 0.3) is 0 Å². The fraction of sp³-hybridized carbons (Fsp3) is 0.364. The van der Waals surface area contributed by atoms with Crippen molar-refractivity contribution in [2.75, 3.05) is 29.7 Å². The van der Waals surface area contributed by atoms with Crippen molar-refractivity contribution in [1.29, 1.82) is 0 Å². The van der Waals surface area contributed by atoms with Crippen molar-refractivity contribution in [2.24, 2.45) is 0 Å². The molecule has 0 heterocycles. The van der Waals surface area contributed by atoms with Crippen molar-refractivity contribution in [3.05, 3.63) is 29.8 Å². The Bertz CT molecular complexity index is 352. The number of benzene rings is 1. The molecule has 0 bridgehead atoms. The molecule has 0 saturated heterocycles. The molecule has 1 aromatic carbocycles. The van der Waals surface area contributed by atoms with E-state index in [2.05, 4.69) is 0 Å². The van der Waals surface area contributed by atoms with Crippen LogP contribution < -0.4 is 4.90 Å². The van der Waals surface area contributed by atoms with Gasteiger partial charge >= 0.3 is 5.97 Å². The molecule has 3 nitrogen and oxygen atoms in total. The van der Waals surface area contributed by atoms with Crippen molar-refractivity contribution < 1.29 is 9.90 Å². The van der Waals surface area contributed by atoms with Crippen LogP contribution in [-0.4, -0.2) is 35.9 Å². The van der Waals surface area contributed by atoms with E-state index in [9.17, 15) is 4.79 Å². The molecule has 1 rings (SSSR count). The Balaban J connectivity index is 2.90. The van der Waals surface area contributed by atoms with Gasteiger partial charge < -0.3 is 10.0 Å². The van der Waals surface area contributed by atoms with Crippen LogP contribution in [0.15, 0.2) is 24.3 Å². The molecule has 88 valence electrons. The Labute approximate surface area is 105 Å². The van der Waals surface area contributed by atoms with Gasteiger partial charge in [0.2, 0.25) is 0 Å². The summed E-state index contributed by atoms with van der Waals surface area (Å²) in [6.07, 6.45) is 0. The van der Waals surface area contributed by atoms with E-state index in [0.29, 0.717) is 24.8 Å². The molecule has 0 amide bonds. The monoisotopic (exact) mass is 261 g/mol. The number of hydrogen-bond acceptors (Lipinski definition) is 2. The van der Waals surface area contributed by atoms with Crippen molar-refractivity contribution in [3.63, 3.8) is 0 Å². The highest BCUT2D eigenvalue weighted by atomic mass is 35.5. The van der Waals surface area contributed by atoms with Crippen LogP contribution in [0.2, 0.25) is 0 Å². The molecule has 0 aliphatic rings. The first-order chi connectivity index (χ1) is 7.69. The zero-order chi connectivity index (χ0) is 12.0. The summed E-state index contributed by atoms with van der Waals surface area (Å²) in [4.78, 5) is 12.8. The van der Waals surface area contributed by atoms with Gasteiger partial charge in [0, 0.05) is 30.5 Å². The zero-order valence-corrected chi connectivity index (χ0v) is 10.2. The number of hydrogen-bond donors (Lipinski definition) is 1. The van der Waals surface area contributed by atoms with E-state index >= 15 is 0 Å². The molecule has 0 saturated carbocycles. The molecule has 5 heteroatoms. The minimum absolute atomic E-state index is 0.270. The average Bonchev–Trinajstić information content (AvgIpc) is 2.29. The normalized spacial score (nSPS) is 10.1. The summed E-state index contributed by atoms with van der Waals surface area (Å²) in [7, 11) is 0. The molecular weight excluding hydrogens is 249 g/mol. The van der Waals surface area contributed by atoms with Gasteiger partial charge in [-0.1, -0.05) is 6.07 Å². The Morgan fingerprint density at radius 3 is 2.38 bits per heavy atom. The SMILES string of the molecule is O=C(O)c1cccc(N(CCCl)CCCl)c1. The molecule has 1 aromatic rings. The number of aromatic carboxylic acids is 1. The molecule has 0 spiro atoms. The number of rotatable bonds is 6. The Morgan fingerprint density at radius 1 is 1.25 bits per heavy atom. The van der Waals surface area contributed by atoms with E-state index in [0.717, 1.165) is 5.69 Å². The summed E-state index contributed by atoms with van der Waals surface area (Å²) in [5.74, 6) is 0.0288. The number of carboxylic acids is 1. The van der Waals surface area contributed by atoms with Crippen LogP contribution in [0.4, 0.5) is 5.69 Å². The van der Waals surface area contributed by atoms with Crippen LogP contribution in [-0.2, 0) is 0 Å². The molecule has 1 N–H and O–H groups in total. The first-order valence-electron chi connectivity index (χ1n) is 4.89. The van der Waals surface area contributed by atoms with Gasteiger partial charge in [0.05, 0.1) is 5.56 Å². The van der Waals surface area contributed by atoms with Gasteiger partial charge in [-0.05, 0) is 18.2 Å². The topological polar surface area (TPSA) is 40.5 Å². The predicted octanol–water partition coefficient (Wildman–Crippen LogP) is 2.67. The maximum atomic E-state index is 10.8.